The predicted octanol–water partition coefficient (Wildman–Crippen LogP) is 3.24. The predicted molar refractivity (Wildman–Crippen MR) is 75.9 cm³/mol. The molecule has 0 aromatic rings. The van der Waals surface area contributed by atoms with E-state index in [0.29, 0.717) is 6.04 Å². The summed E-state index contributed by atoms with van der Waals surface area (Å²) < 4.78 is -0.125. The van der Waals surface area contributed by atoms with Gasteiger partial charge < -0.3 is 5.32 Å². The monoisotopic (exact) mass is 266 g/mol. The minimum Gasteiger partial charge on any atom is -0.304 e. The fraction of sp³-hybridized carbons (Fsp3) is 0.857. The lowest BCUT2D eigenvalue weighted by atomic mass is 9.84. The van der Waals surface area contributed by atoms with Crippen LogP contribution in [0.2, 0.25) is 0 Å². The fourth-order valence-corrected chi connectivity index (χ4v) is 4.44. The maximum Gasteiger partial charge on any atom is 0.242 e. The van der Waals surface area contributed by atoms with Crippen LogP contribution in [0.5, 0.6) is 0 Å². The van der Waals surface area contributed by atoms with Crippen molar-refractivity contribution >= 4 is 22.8 Å². The molecule has 0 aromatic carbocycles. The molecule has 3 rings (SSSR count). The molecule has 3 fully saturated rings. The summed E-state index contributed by atoms with van der Waals surface area (Å²) in [5, 5.41) is 3.91. The zero-order valence-electron chi connectivity index (χ0n) is 10.9. The summed E-state index contributed by atoms with van der Waals surface area (Å²) in [5.41, 5.74) is 0. The van der Waals surface area contributed by atoms with Gasteiger partial charge in [-0.1, -0.05) is 43.9 Å². The lowest BCUT2D eigenvalue weighted by Crippen LogP contribution is -2.42. The molecule has 0 radical (unpaired) electrons. The number of thioether (sulfide) groups is 1. The Hall–Kier alpha value is -0.510. The van der Waals surface area contributed by atoms with Crippen LogP contribution in [0, 0.1) is 0 Å². The van der Waals surface area contributed by atoms with E-state index in [-0.39, 0.29) is 10.7 Å². The van der Waals surface area contributed by atoms with Crippen molar-refractivity contribution in [2.24, 2.45) is 4.99 Å². The second-order valence-corrected chi connectivity index (χ2v) is 7.21. The van der Waals surface area contributed by atoms with Gasteiger partial charge in [0.2, 0.25) is 5.91 Å². The lowest BCUT2D eigenvalue weighted by molar-refractivity contribution is -0.123. The Morgan fingerprint density at radius 1 is 1.06 bits per heavy atom. The van der Waals surface area contributed by atoms with Gasteiger partial charge in [0.25, 0.3) is 0 Å². The van der Waals surface area contributed by atoms with Crippen molar-refractivity contribution in [1.82, 2.24) is 5.32 Å². The van der Waals surface area contributed by atoms with E-state index >= 15 is 0 Å². The van der Waals surface area contributed by atoms with Gasteiger partial charge in [-0.05, 0) is 32.1 Å². The average molecular weight is 266 g/mol. The number of carbonyl (C=O) groups excluding carboxylic acids is 1. The molecule has 100 valence electrons. The second-order valence-electron chi connectivity index (χ2n) is 5.84. The number of rotatable bonds is 1. The molecule has 0 bridgehead atoms. The van der Waals surface area contributed by atoms with Crippen molar-refractivity contribution in [2.75, 3.05) is 0 Å². The highest BCUT2D eigenvalue weighted by Crippen LogP contribution is 2.47. The van der Waals surface area contributed by atoms with E-state index in [2.05, 4.69) is 5.32 Å². The van der Waals surface area contributed by atoms with Gasteiger partial charge in [-0.25, -0.2) is 0 Å². The molecule has 1 heterocycles. The van der Waals surface area contributed by atoms with Crippen LogP contribution in [0.1, 0.15) is 64.2 Å². The van der Waals surface area contributed by atoms with Gasteiger partial charge in [0, 0.05) is 0 Å². The SMILES string of the molecule is O=C1NC(=NC2CCCCCCC2)SC12CCC2. The van der Waals surface area contributed by atoms with Crippen molar-refractivity contribution in [3.8, 4) is 0 Å². The quantitative estimate of drug-likeness (QED) is 0.791. The lowest BCUT2D eigenvalue weighted by Gasteiger charge is -2.33. The molecule has 2 aliphatic carbocycles. The molecule has 1 amide bonds. The number of amidine groups is 1. The number of carbonyl (C=O) groups is 1. The van der Waals surface area contributed by atoms with Crippen LogP contribution in [0.25, 0.3) is 0 Å². The second kappa shape index (κ2) is 5.24. The molecule has 4 heteroatoms. The van der Waals surface area contributed by atoms with Gasteiger partial charge in [0.15, 0.2) is 5.17 Å². The summed E-state index contributed by atoms with van der Waals surface area (Å²) in [6, 6.07) is 0.448. The number of nitrogens with zero attached hydrogens (tertiary/aromatic N) is 1. The number of hydrogen-bond donors (Lipinski definition) is 1. The molecule has 18 heavy (non-hydrogen) atoms. The highest BCUT2D eigenvalue weighted by molar-refractivity contribution is 8.16. The van der Waals surface area contributed by atoms with Gasteiger partial charge >= 0.3 is 0 Å². The van der Waals surface area contributed by atoms with E-state index in [4.69, 9.17) is 4.99 Å². The van der Waals surface area contributed by atoms with Crippen LogP contribution < -0.4 is 5.32 Å². The van der Waals surface area contributed by atoms with E-state index in [1.54, 1.807) is 11.8 Å². The Morgan fingerprint density at radius 2 is 1.72 bits per heavy atom. The average Bonchev–Trinajstić information content (AvgIpc) is 2.59. The van der Waals surface area contributed by atoms with E-state index in [1.807, 2.05) is 0 Å². The molecule has 1 spiro atoms. The van der Waals surface area contributed by atoms with Crippen molar-refractivity contribution < 1.29 is 4.79 Å². The molecule has 1 N–H and O–H groups in total. The Labute approximate surface area is 113 Å². The van der Waals surface area contributed by atoms with E-state index in [0.717, 1.165) is 18.0 Å². The minimum absolute atomic E-state index is 0.125. The summed E-state index contributed by atoms with van der Waals surface area (Å²) in [6.45, 7) is 0. The van der Waals surface area contributed by atoms with Crippen LogP contribution in [0.15, 0.2) is 4.99 Å². The molecule has 0 atom stereocenters. The maximum absolute atomic E-state index is 11.9. The minimum atomic E-state index is -0.125. The van der Waals surface area contributed by atoms with E-state index in [9.17, 15) is 4.79 Å². The van der Waals surface area contributed by atoms with Crippen LogP contribution in [0.4, 0.5) is 0 Å². The van der Waals surface area contributed by atoms with Gasteiger partial charge in [-0.3, -0.25) is 9.79 Å². The molecule has 1 aliphatic heterocycles. The van der Waals surface area contributed by atoms with Crippen LogP contribution in [-0.4, -0.2) is 21.9 Å². The first-order valence-corrected chi connectivity index (χ1v) is 8.18. The van der Waals surface area contributed by atoms with Crippen LogP contribution in [0.3, 0.4) is 0 Å². The Bertz CT molecular complexity index is 355. The molecule has 0 aromatic heterocycles. The summed E-state index contributed by atoms with van der Waals surface area (Å²) >= 11 is 1.70. The highest BCUT2D eigenvalue weighted by Gasteiger charge is 2.51. The van der Waals surface area contributed by atoms with Gasteiger partial charge in [-0.15, -0.1) is 0 Å². The van der Waals surface area contributed by atoms with E-state index in [1.165, 1.54) is 51.4 Å². The number of amides is 1. The zero-order chi connectivity index (χ0) is 12.4. The molecule has 0 unspecified atom stereocenters. The van der Waals surface area contributed by atoms with Crippen molar-refractivity contribution in [3.63, 3.8) is 0 Å². The molecule has 2 saturated carbocycles. The first kappa shape index (κ1) is 12.5. The van der Waals surface area contributed by atoms with Gasteiger partial charge in [0.05, 0.1) is 6.04 Å². The molecular formula is C14H22N2OS. The largest absolute Gasteiger partial charge is 0.304 e. The van der Waals surface area contributed by atoms with Crippen molar-refractivity contribution in [2.45, 2.75) is 75.0 Å². The topological polar surface area (TPSA) is 41.5 Å². The van der Waals surface area contributed by atoms with Gasteiger partial charge in [0.1, 0.15) is 4.75 Å². The Balaban J connectivity index is 1.63. The molecule has 3 aliphatic rings. The first-order valence-electron chi connectivity index (χ1n) is 7.37. The summed E-state index contributed by atoms with van der Waals surface area (Å²) in [6.07, 6.45) is 12.3. The fourth-order valence-electron chi connectivity index (χ4n) is 3.08. The summed E-state index contributed by atoms with van der Waals surface area (Å²) in [5.74, 6) is 0.211. The first-order chi connectivity index (χ1) is 8.78. The smallest absolute Gasteiger partial charge is 0.242 e. The zero-order valence-corrected chi connectivity index (χ0v) is 11.7. The Morgan fingerprint density at radius 3 is 2.28 bits per heavy atom. The maximum atomic E-state index is 11.9. The molecule has 1 saturated heterocycles. The third kappa shape index (κ3) is 2.44. The van der Waals surface area contributed by atoms with Crippen LogP contribution in [-0.2, 0) is 4.79 Å². The number of hydrogen-bond acceptors (Lipinski definition) is 3. The highest BCUT2D eigenvalue weighted by atomic mass is 32.2. The van der Waals surface area contributed by atoms with Crippen molar-refractivity contribution in [3.05, 3.63) is 0 Å². The van der Waals surface area contributed by atoms with E-state index < -0.39 is 0 Å². The molecular weight excluding hydrogens is 244 g/mol. The Kier molecular flexibility index (Phi) is 3.64. The van der Waals surface area contributed by atoms with Crippen LogP contribution >= 0.6 is 11.8 Å². The number of aliphatic imine (C=N–C) groups is 1. The normalized spacial score (nSPS) is 30.9. The van der Waals surface area contributed by atoms with Crippen molar-refractivity contribution in [1.29, 1.82) is 0 Å². The third-order valence-electron chi connectivity index (χ3n) is 4.46. The summed E-state index contributed by atoms with van der Waals surface area (Å²) in [7, 11) is 0. The van der Waals surface area contributed by atoms with Gasteiger partial charge in [-0.2, -0.15) is 0 Å². The molecule has 3 nitrogen and oxygen atoms in total. The third-order valence-corrected chi connectivity index (χ3v) is 5.85. The number of nitrogens with one attached hydrogen (secondary N) is 1. The standard InChI is InChI=1S/C14H22N2OS/c17-12-14(9-6-10-14)18-13(16-12)15-11-7-4-2-1-3-5-8-11/h11H,1-10H2,(H,15,16,17). The summed E-state index contributed by atoms with van der Waals surface area (Å²) in [4.78, 5) is 16.8.